The highest BCUT2D eigenvalue weighted by molar-refractivity contribution is 4.98. The van der Waals surface area contributed by atoms with Crippen molar-refractivity contribution in [3.63, 3.8) is 0 Å². The molecule has 0 spiro atoms. The molecule has 0 bridgehead atoms. The first kappa shape index (κ1) is 16.1. The molecule has 20 heavy (non-hydrogen) atoms. The lowest BCUT2D eigenvalue weighted by Crippen LogP contribution is -2.38. The summed E-state index contributed by atoms with van der Waals surface area (Å²) < 4.78 is 0. The zero-order chi connectivity index (χ0) is 14.6. The van der Waals surface area contributed by atoms with E-state index in [0.717, 1.165) is 23.7 Å². The third-order valence-corrected chi connectivity index (χ3v) is 5.39. The second-order valence-electron chi connectivity index (χ2n) is 8.37. The smallest absolute Gasteiger partial charge is 0.00966 e. The van der Waals surface area contributed by atoms with Crippen molar-refractivity contribution < 1.29 is 0 Å². The van der Waals surface area contributed by atoms with Crippen LogP contribution in [0.2, 0.25) is 0 Å². The zero-order valence-corrected chi connectivity index (χ0v) is 14.1. The van der Waals surface area contributed by atoms with Gasteiger partial charge in [0.2, 0.25) is 0 Å². The number of rotatable bonds is 5. The Morgan fingerprint density at radius 2 is 1.90 bits per heavy atom. The van der Waals surface area contributed by atoms with E-state index in [1.165, 1.54) is 51.5 Å². The molecule has 4 atom stereocenters. The second-order valence-corrected chi connectivity index (χ2v) is 8.37. The predicted octanol–water partition coefficient (Wildman–Crippen LogP) is 5.17. The van der Waals surface area contributed by atoms with Gasteiger partial charge in [-0.25, -0.2) is 0 Å². The maximum atomic E-state index is 3.65. The topological polar surface area (TPSA) is 12.0 Å². The fourth-order valence-electron chi connectivity index (χ4n) is 4.10. The molecule has 2 aliphatic carbocycles. The van der Waals surface area contributed by atoms with Crippen molar-refractivity contribution in [3.8, 4) is 0 Å². The SMILES string of the molecule is CC(CCC1CCCC2CC=CCC21)CNC(C)(C)C. The average Bonchev–Trinajstić information content (AvgIpc) is 2.42. The highest BCUT2D eigenvalue weighted by Crippen LogP contribution is 2.43. The van der Waals surface area contributed by atoms with Gasteiger partial charge in [-0.1, -0.05) is 31.9 Å². The van der Waals surface area contributed by atoms with Crippen molar-refractivity contribution in [1.29, 1.82) is 0 Å². The van der Waals surface area contributed by atoms with E-state index in [2.05, 4.69) is 45.2 Å². The number of hydrogen-bond acceptors (Lipinski definition) is 1. The van der Waals surface area contributed by atoms with Crippen molar-refractivity contribution in [3.05, 3.63) is 12.2 Å². The minimum absolute atomic E-state index is 0.262. The van der Waals surface area contributed by atoms with E-state index >= 15 is 0 Å². The quantitative estimate of drug-likeness (QED) is 0.683. The molecule has 1 saturated carbocycles. The number of fused-ring (bicyclic) bond motifs is 1. The Bertz CT molecular complexity index is 312. The Balaban J connectivity index is 1.74. The van der Waals surface area contributed by atoms with Gasteiger partial charge in [-0.05, 0) is 83.1 Å². The molecule has 4 unspecified atom stereocenters. The molecule has 0 aromatic rings. The molecule has 0 aromatic heterocycles. The van der Waals surface area contributed by atoms with Crippen LogP contribution in [0.1, 0.15) is 72.6 Å². The summed E-state index contributed by atoms with van der Waals surface area (Å²) >= 11 is 0. The molecule has 1 N–H and O–H groups in total. The lowest BCUT2D eigenvalue weighted by molar-refractivity contribution is 0.133. The van der Waals surface area contributed by atoms with Crippen molar-refractivity contribution in [2.45, 2.75) is 78.2 Å². The van der Waals surface area contributed by atoms with Crippen molar-refractivity contribution >= 4 is 0 Å². The van der Waals surface area contributed by atoms with Gasteiger partial charge in [0, 0.05) is 5.54 Å². The minimum Gasteiger partial charge on any atom is -0.312 e. The Hall–Kier alpha value is -0.300. The van der Waals surface area contributed by atoms with E-state index in [1.807, 2.05) is 0 Å². The molecular weight excluding hydrogens is 242 g/mol. The summed E-state index contributed by atoms with van der Waals surface area (Å²) in [7, 11) is 0. The standard InChI is InChI=1S/C19H35N/c1-15(14-20-19(2,3)4)12-13-17-10-7-9-16-8-5-6-11-18(16)17/h5-6,15-18,20H,7-14H2,1-4H3. The lowest BCUT2D eigenvalue weighted by atomic mass is 9.66. The van der Waals surface area contributed by atoms with Gasteiger partial charge < -0.3 is 5.32 Å². The molecule has 0 radical (unpaired) electrons. The summed E-state index contributed by atoms with van der Waals surface area (Å²) in [6, 6.07) is 0. The van der Waals surface area contributed by atoms with E-state index in [9.17, 15) is 0 Å². The molecule has 116 valence electrons. The third-order valence-electron chi connectivity index (χ3n) is 5.39. The molecule has 0 amide bonds. The van der Waals surface area contributed by atoms with Gasteiger partial charge in [-0.3, -0.25) is 0 Å². The third kappa shape index (κ3) is 4.91. The first-order valence-electron chi connectivity index (χ1n) is 8.86. The monoisotopic (exact) mass is 277 g/mol. The van der Waals surface area contributed by atoms with E-state index in [1.54, 1.807) is 0 Å². The maximum absolute atomic E-state index is 3.65. The van der Waals surface area contributed by atoms with Crippen molar-refractivity contribution in [1.82, 2.24) is 5.32 Å². The van der Waals surface area contributed by atoms with Gasteiger partial charge >= 0.3 is 0 Å². The largest absolute Gasteiger partial charge is 0.312 e. The van der Waals surface area contributed by atoms with Crippen LogP contribution in [0.25, 0.3) is 0 Å². The molecule has 0 saturated heterocycles. The van der Waals surface area contributed by atoms with Crippen LogP contribution >= 0.6 is 0 Å². The summed E-state index contributed by atoms with van der Waals surface area (Å²) in [6.45, 7) is 10.4. The minimum atomic E-state index is 0.262. The molecule has 0 aliphatic heterocycles. The van der Waals surface area contributed by atoms with Gasteiger partial charge in [-0.15, -0.1) is 0 Å². The van der Waals surface area contributed by atoms with E-state index < -0.39 is 0 Å². The fourth-order valence-corrected chi connectivity index (χ4v) is 4.10. The van der Waals surface area contributed by atoms with Gasteiger partial charge in [0.1, 0.15) is 0 Å². The van der Waals surface area contributed by atoms with Crippen LogP contribution in [-0.2, 0) is 0 Å². The van der Waals surface area contributed by atoms with Crippen LogP contribution in [0.3, 0.4) is 0 Å². The van der Waals surface area contributed by atoms with Crippen molar-refractivity contribution in [2.75, 3.05) is 6.54 Å². The summed E-state index contributed by atoms with van der Waals surface area (Å²) in [6.07, 6.45) is 14.9. The number of allylic oxidation sites excluding steroid dienone is 2. The van der Waals surface area contributed by atoms with E-state index in [4.69, 9.17) is 0 Å². The van der Waals surface area contributed by atoms with Crippen LogP contribution in [0.5, 0.6) is 0 Å². The van der Waals surface area contributed by atoms with Crippen LogP contribution in [0.4, 0.5) is 0 Å². The fraction of sp³-hybridized carbons (Fsp3) is 0.895. The highest BCUT2D eigenvalue weighted by Gasteiger charge is 2.33. The Kier molecular flexibility index (Phi) is 5.72. The normalized spacial score (nSPS) is 31.9. The molecule has 1 nitrogen and oxygen atoms in total. The molecule has 0 aromatic carbocycles. The summed E-state index contributed by atoms with van der Waals surface area (Å²) in [5.74, 6) is 3.85. The highest BCUT2D eigenvalue weighted by atomic mass is 14.9. The van der Waals surface area contributed by atoms with E-state index in [-0.39, 0.29) is 5.54 Å². The van der Waals surface area contributed by atoms with Crippen LogP contribution < -0.4 is 5.32 Å². The number of hydrogen-bond donors (Lipinski definition) is 1. The Morgan fingerprint density at radius 3 is 2.65 bits per heavy atom. The average molecular weight is 277 g/mol. The maximum Gasteiger partial charge on any atom is 0.00966 e. The summed E-state index contributed by atoms with van der Waals surface area (Å²) in [5.41, 5.74) is 0.262. The predicted molar refractivity (Wildman–Crippen MR) is 88.8 cm³/mol. The van der Waals surface area contributed by atoms with Gasteiger partial charge in [0.15, 0.2) is 0 Å². The Morgan fingerprint density at radius 1 is 1.15 bits per heavy atom. The first-order valence-corrected chi connectivity index (χ1v) is 8.86. The summed E-state index contributed by atoms with van der Waals surface area (Å²) in [4.78, 5) is 0. The van der Waals surface area contributed by atoms with Gasteiger partial charge in [-0.2, -0.15) is 0 Å². The first-order chi connectivity index (χ1) is 9.46. The summed E-state index contributed by atoms with van der Waals surface area (Å²) in [5, 5.41) is 3.65. The molecule has 0 heterocycles. The Labute approximate surface area is 126 Å². The van der Waals surface area contributed by atoms with Crippen LogP contribution in [-0.4, -0.2) is 12.1 Å². The second kappa shape index (κ2) is 7.11. The van der Waals surface area contributed by atoms with Crippen LogP contribution in [0.15, 0.2) is 12.2 Å². The molecule has 2 rings (SSSR count). The molecular formula is C19H35N. The molecule has 1 heteroatoms. The van der Waals surface area contributed by atoms with Gasteiger partial charge in [0.05, 0.1) is 0 Å². The van der Waals surface area contributed by atoms with Gasteiger partial charge in [0.25, 0.3) is 0 Å². The van der Waals surface area contributed by atoms with E-state index in [0.29, 0.717) is 0 Å². The van der Waals surface area contributed by atoms with Crippen molar-refractivity contribution in [2.24, 2.45) is 23.7 Å². The molecule has 1 fully saturated rings. The van der Waals surface area contributed by atoms with Crippen LogP contribution in [0, 0.1) is 23.7 Å². The zero-order valence-electron chi connectivity index (χ0n) is 14.1. The number of nitrogens with one attached hydrogen (secondary N) is 1. The molecule has 2 aliphatic rings. The lowest BCUT2D eigenvalue weighted by Gasteiger charge is -2.40.